The molecule has 0 radical (unpaired) electrons. The van der Waals surface area contributed by atoms with Crippen molar-refractivity contribution in [1.82, 2.24) is 15.0 Å². The fourth-order valence-electron chi connectivity index (χ4n) is 3.37. The van der Waals surface area contributed by atoms with Crippen LogP contribution < -0.4 is 4.90 Å². The molecule has 0 bridgehead atoms. The zero-order chi connectivity index (χ0) is 17.4. The SMILES string of the molecule is CCc1noc(C)c1CN1CCN(c2oc(C3CC3)nc2C#N)CC1. The summed E-state index contributed by atoms with van der Waals surface area (Å²) in [4.78, 5) is 8.93. The number of aryl methyl sites for hydroxylation is 2. The van der Waals surface area contributed by atoms with E-state index in [-0.39, 0.29) is 0 Å². The molecule has 3 heterocycles. The first-order valence-electron chi connectivity index (χ1n) is 9.01. The first kappa shape index (κ1) is 16.2. The lowest BCUT2D eigenvalue weighted by atomic mass is 10.1. The molecule has 0 amide bonds. The van der Waals surface area contributed by atoms with Gasteiger partial charge >= 0.3 is 0 Å². The lowest BCUT2D eigenvalue weighted by molar-refractivity contribution is 0.243. The maximum Gasteiger partial charge on any atom is 0.234 e. The molecule has 2 aromatic heterocycles. The third-order valence-corrected chi connectivity index (χ3v) is 5.10. The van der Waals surface area contributed by atoms with Crippen molar-refractivity contribution in [3.8, 4) is 6.07 Å². The summed E-state index contributed by atoms with van der Waals surface area (Å²) in [5.74, 6) is 2.72. The van der Waals surface area contributed by atoms with E-state index >= 15 is 0 Å². The minimum absolute atomic E-state index is 0.422. The average Bonchev–Trinajstić information content (AvgIpc) is 3.31. The Bertz CT molecular complexity index is 791. The highest BCUT2D eigenvalue weighted by Gasteiger charge is 2.32. The number of hydrogen-bond donors (Lipinski definition) is 0. The minimum Gasteiger partial charge on any atom is -0.423 e. The van der Waals surface area contributed by atoms with Crippen molar-refractivity contribution in [3.05, 3.63) is 28.6 Å². The van der Waals surface area contributed by atoms with Gasteiger partial charge in [-0.15, -0.1) is 0 Å². The molecule has 7 heteroatoms. The van der Waals surface area contributed by atoms with Gasteiger partial charge in [0.05, 0.1) is 5.69 Å². The summed E-state index contributed by atoms with van der Waals surface area (Å²) in [6, 6.07) is 2.19. The predicted molar refractivity (Wildman–Crippen MR) is 91.3 cm³/mol. The number of aromatic nitrogens is 2. The van der Waals surface area contributed by atoms with Crippen molar-refractivity contribution in [2.75, 3.05) is 31.1 Å². The first-order chi connectivity index (χ1) is 12.2. The molecule has 0 spiro atoms. The van der Waals surface area contributed by atoms with E-state index in [0.717, 1.165) is 69.3 Å². The topological polar surface area (TPSA) is 82.3 Å². The number of hydrogen-bond acceptors (Lipinski definition) is 7. The minimum atomic E-state index is 0.422. The Hall–Kier alpha value is -2.33. The van der Waals surface area contributed by atoms with Gasteiger partial charge in [-0.25, -0.2) is 4.98 Å². The molecule has 7 nitrogen and oxygen atoms in total. The molecule has 25 heavy (non-hydrogen) atoms. The molecule has 0 N–H and O–H groups in total. The zero-order valence-corrected chi connectivity index (χ0v) is 14.8. The third kappa shape index (κ3) is 3.14. The summed E-state index contributed by atoms with van der Waals surface area (Å²) in [5.41, 5.74) is 2.69. The van der Waals surface area contributed by atoms with Gasteiger partial charge in [-0.2, -0.15) is 5.26 Å². The van der Waals surface area contributed by atoms with E-state index in [1.165, 1.54) is 5.56 Å². The Labute approximate surface area is 147 Å². The predicted octanol–water partition coefficient (Wildman–Crippen LogP) is 2.60. The highest BCUT2D eigenvalue weighted by Crippen LogP contribution is 2.41. The van der Waals surface area contributed by atoms with Gasteiger partial charge in [0.25, 0.3) is 0 Å². The third-order valence-electron chi connectivity index (χ3n) is 5.10. The van der Waals surface area contributed by atoms with Crippen LogP contribution in [-0.4, -0.2) is 41.2 Å². The van der Waals surface area contributed by atoms with Crippen molar-refractivity contribution < 1.29 is 8.94 Å². The van der Waals surface area contributed by atoms with Crippen LogP contribution in [0.2, 0.25) is 0 Å². The fraction of sp³-hybridized carbons (Fsp3) is 0.611. The Balaban J connectivity index is 1.42. The molecule has 2 aromatic rings. The van der Waals surface area contributed by atoms with E-state index < -0.39 is 0 Å². The summed E-state index contributed by atoms with van der Waals surface area (Å²) >= 11 is 0. The monoisotopic (exact) mass is 341 g/mol. The Morgan fingerprint density at radius 3 is 2.64 bits per heavy atom. The van der Waals surface area contributed by atoms with E-state index in [1.54, 1.807) is 0 Å². The summed E-state index contributed by atoms with van der Waals surface area (Å²) in [7, 11) is 0. The summed E-state index contributed by atoms with van der Waals surface area (Å²) in [5, 5.41) is 13.5. The van der Waals surface area contributed by atoms with Crippen LogP contribution in [0.5, 0.6) is 0 Å². The summed E-state index contributed by atoms with van der Waals surface area (Å²) < 4.78 is 11.2. The van der Waals surface area contributed by atoms with Gasteiger partial charge in [-0.1, -0.05) is 12.1 Å². The summed E-state index contributed by atoms with van der Waals surface area (Å²) in [6.07, 6.45) is 3.13. The second-order valence-corrected chi connectivity index (χ2v) is 6.87. The molecule has 0 atom stereocenters. The van der Waals surface area contributed by atoms with Gasteiger partial charge in [0.1, 0.15) is 11.8 Å². The first-order valence-corrected chi connectivity index (χ1v) is 9.01. The smallest absolute Gasteiger partial charge is 0.234 e. The Morgan fingerprint density at radius 1 is 1.24 bits per heavy atom. The van der Waals surface area contributed by atoms with Crippen LogP contribution in [0.1, 0.15) is 54.3 Å². The Kier molecular flexibility index (Phi) is 4.22. The molecule has 1 saturated heterocycles. The van der Waals surface area contributed by atoms with Crippen LogP contribution in [0.15, 0.2) is 8.94 Å². The number of nitrogens with zero attached hydrogens (tertiary/aromatic N) is 5. The molecule has 0 aromatic carbocycles. The maximum atomic E-state index is 9.35. The molecular formula is C18H23N5O2. The van der Waals surface area contributed by atoms with Gasteiger partial charge in [-0.05, 0) is 26.2 Å². The van der Waals surface area contributed by atoms with Gasteiger partial charge in [0.2, 0.25) is 17.5 Å². The van der Waals surface area contributed by atoms with Crippen LogP contribution in [0, 0.1) is 18.3 Å². The van der Waals surface area contributed by atoms with Crippen molar-refractivity contribution >= 4 is 5.88 Å². The van der Waals surface area contributed by atoms with Gasteiger partial charge in [0.15, 0.2) is 0 Å². The number of anilines is 1. The second kappa shape index (κ2) is 6.52. The van der Waals surface area contributed by atoms with Crippen LogP contribution in [0.3, 0.4) is 0 Å². The van der Waals surface area contributed by atoms with E-state index in [1.807, 2.05) is 6.92 Å². The average molecular weight is 341 g/mol. The highest BCUT2D eigenvalue weighted by molar-refractivity contribution is 5.48. The molecule has 132 valence electrons. The zero-order valence-electron chi connectivity index (χ0n) is 14.8. The molecule has 2 fully saturated rings. The van der Waals surface area contributed by atoms with Gasteiger partial charge < -0.3 is 13.8 Å². The second-order valence-electron chi connectivity index (χ2n) is 6.87. The van der Waals surface area contributed by atoms with E-state index in [4.69, 9.17) is 8.94 Å². The van der Waals surface area contributed by atoms with Crippen molar-refractivity contribution in [3.63, 3.8) is 0 Å². The van der Waals surface area contributed by atoms with Crippen molar-refractivity contribution in [2.45, 2.75) is 45.6 Å². The molecule has 2 aliphatic rings. The highest BCUT2D eigenvalue weighted by atomic mass is 16.5. The van der Waals surface area contributed by atoms with Crippen LogP contribution in [-0.2, 0) is 13.0 Å². The molecule has 1 saturated carbocycles. The standard InChI is InChI=1S/C18H23N5O2/c1-3-15-14(12(2)25-21-15)11-22-6-8-23(9-7-22)18-16(10-19)20-17(24-18)13-4-5-13/h13H,3-9,11H2,1-2H3. The van der Waals surface area contributed by atoms with Gasteiger partial charge in [-0.3, -0.25) is 4.90 Å². The largest absolute Gasteiger partial charge is 0.423 e. The normalized spacial score (nSPS) is 18.5. The number of oxazole rings is 1. The number of nitriles is 1. The van der Waals surface area contributed by atoms with Crippen LogP contribution in [0.4, 0.5) is 5.88 Å². The molecule has 1 aliphatic carbocycles. The van der Waals surface area contributed by atoms with Crippen LogP contribution >= 0.6 is 0 Å². The summed E-state index contributed by atoms with van der Waals surface area (Å²) in [6.45, 7) is 8.44. The van der Waals surface area contributed by atoms with Gasteiger partial charge in [0, 0.05) is 44.2 Å². The maximum absolute atomic E-state index is 9.35. The number of piperazine rings is 1. The molecular weight excluding hydrogens is 318 g/mol. The fourth-order valence-corrected chi connectivity index (χ4v) is 3.37. The lowest BCUT2D eigenvalue weighted by Gasteiger charge is -2.34. The molecule has 4 rings (SSSR count). The van der Waals surface area contributed by atoms with E-state index in [0.29, 0.717) is 17.5 Å². The lowest BCUT2D eigenvalue weighted by Crippen LogP contribution is -2.46. The van der Waals surface area contributed by atoms with E-state index in [9.17, 15) is 5.26 Å². The van der Waals surface area contributed by atoms with Crippen LogP contribution in [0.25, 0.3) is 0 Å². The Morgan fingerprint density at radius 2 is 2.00 bits per heavy atom. The van der Waals surface area contributed by atoms with Crippen molar-refractivity contribution in [2.24, 2.45) is 0 Å². The molecule has 1 aliphatic heterocycles. The quantitative estimate of drug-likeness (QED) is 0.826. The molecule has 0 unspecified atom stereocenters. The van der Waals surface area contributed by atoms with E-state index in [2.05, 4.69) is 32.9 Å². The number of rotatable bonds is 5. The van der Waals surface area contributed by atoms with Crippen molar-refractivity contribution in [1.29, 1.82) is 5.26 Å².